The monoisotopic (exact) mass is 336 g/mol. The minimum Gasteiger partial charge on any atom is -0.481 e. The molecule has 0 atom stereocenters. The van der Waals surface area contributed by atoms with Crippen molar-refractivity contribution in [2.24, 2.45) is 10.2 Å². The number of carboxylic acid groups (broad SMARTS) is 1. The van der Waals surface area contributed by atoms with Crippen molar-refractivity contribution in [1.29, 1.82) is 0 Å². The molecule has 2 heterocycles. The second-order valence-electron chi connectivity index (χ2n) is 6.34. The summed E-state index contributed by atoms with van der Waals surface area (Å²) in [7, 11) is 0. The summed E-state index contributed by atoms with van der Waals surface area (Å²) in [4.78, 5) is 15.4. The second kappa shape index (κ2) is 6.84. The number of imidazole rings is 1. The van der Waals surface area contributed by atoms with Gasteiger partial charge in [-0.15, -0.1) is 10.2 Å². The highest BCUT2D eigenvalue weighted by Gasteiger charge is 2.15. The number of carboxylic acids is 1. The van der Waals surface area contributed by atoms with Gasteiger partial charge in [0.15, 0.2) is 5.82 Å². The number of aryl methyl sites for hydroxylation is 1. The van der Waals surface area contributed by atoms with E-state index in [9.17, 15) is 4.79 Å². The summed E-state index contributed by atoms with van der Waals surface area (Å²) in [6.45, 7) is 6.19. The molecule has 0 spiro atoms. The molecule has 1 aromatic carbocycles. The Labute approximate surface area is 145 Å². The molecule has 0 radical (unpaired) electrons. The highest BCUT2D eigenvalue weighted by atomic mass is 16.4. The molecule has 0 amide bonds. The van der Waals surface area contributed by atoms with Crippen molar-refractivity contribution in [1.82, 2.24) is 9.38 Å². The third-order valence-corrected chi connectivity index (χ3v) is 3.88. The number of nitrogens with zero attached hydrogens (tertiary/aromatic N) is 4. The van der Waals surface area contributed by atoms with Gasteiger partial charge in [-0.1, -0.05) is 26.0 Å². The van der Waals surface area contributed by atoms with Gasteiger partial charge in [0, 0.05) is 6.20 Å². The molecule has 3 aromatic rings. The number of rotatable bonds is 5. The van der Waals surface area contributed by atoms with Crippen LogP contribution in [0.1, 0.15) is 36.6 Å². The standard InChI is InChI=1S/C19H20N4O2/c1-12(2)18-19(23-9-8-13(3)10-16(23)20-18)22-21-15-6-4-14(5-7-15)11-17(24)25/h4-10,12H,11H2,1-3H3,(H,24,25). The first-order chi connectivity index (χ1) is 11.9. The SMILES string of the molecule is Cc1ccn2c(N=Nc3ccc(CC(=O)O)cc3)c(C(C)C)nc2c1. The summed E-state index contributed by atoms with van der Waals surface area (Å²) in [5.41, 5.74) is 4.31. The Kier molecular flexibility index (Phi) is 4.61. The van der Waals surface area contributed by atoms with Crippen molar-refractivity contribution < 1.29 is 9.90 Å². The Hall–Kier alpha value is -3.02. The van der Waals surface area contributed by atoms with Crippen LogP contribution in [0, 0.1) is 6.92 Å². The van der Waals surface area contributed by atoms with Gasteiger partial charge >= 0.3 is 5.97 Å². The number of carbonyl (C=O) groups is 1. The predicted octanol–water partition coefficient (Wildman–Crippen LogP) is 4.81. The molecule has 6 heteroatoms. The fourth-order valence-electron chi connectivity index (χ4n) is 2.60. The summed E-state index contributed by atoms with van der Waals surface area (Å²) in [5.74, 6) is 0.101. The van der Waals surface area contributed by atoms with Crippen molar-refractivity contribution >= 4 is 23.1 Å². The normalized spacial score (nSPS) is 11.7. The smallest absolute Gasteiger partial charge is 0.307 e. The van der Waals surface area contributed by atoms with Crippen LogP contribution >= 0.6 is 0 Å². The number of hydrogen-bond donors (Lipinski definition) is 1. The lowest BCUT2D eigenvalue weighted by molar-refractivity contribution is -0.136. The first kappa shape index (κ1) is 16.8. The van der Waals surface area contributed by atoms with Crippen LogP contribution in [0.15, 0.2) is 52.8 Å². The number of azo groups is 1. The van der Waals surface area contributed by atoms with E-state index >= 15 is 0 Å². The van der Waals surface area contributed by atoms with Gasteiger partial charge in [-0.3, -0.25) is 9.20 Å². The van der Waals surface area contributed by atoms with E-state index in [0.29, 0.717) is 5.69 Å². The van der Waals surface area contributed by atoms with Gasteiger partial charge in [0.1, 0.15) is 5.65 Å². The number of hydrogen-bond acceptors (Lipinski definition) is 4. The van der Waals surface area contributed by atoms with E-state index in [4.69, 9.17) is 5.11 Å². The number of aromatic nitrogens is 2. The molecule has 0 saturated carbocycles. The quantitative estimate of drug-likeness (QED) is 0.679. The van der Waals surface area contributed by atoms with E-state index in [1.165, 1.54) is 0 Å². The van der Waals surface area contributed by atoms with Gasteiger partial charge in [0.05, 0.1) is 17.8 Å². The van der Waals surface area contributed by atoms with Crippen molar-refractivity contribution in [2.45, 2.75) is 33.1 Å². The van der Waals surface area contributed by atoms with E-state index in [1.807, 2.05) is 29.7 Å². The van der Waals surface area contributed by atoms with Crippen molar-refractivity contribution in [3.63, 3.8) is 0 Å². The average molecular weight is 336 g/mol. The summed E-state index contributed by atoms with van der Waals surface area (Å²) in [6.07, 6.45) is 1.95. The Morgan fingerprint density at radius 3 is 2.56 bits per heavy atom. The molecule has 6 nitrogen and oxygen atoms in total. The van der Waals surface area contributed by atoms with Crippen LogP contribution in [0.5, 0.6) is 0 Å². The molecule has 0 saturated heterocycles. The van der Waals surface area contributed by atoms with Crippen LogP contribution < -0.4 is 0 Å². The number of pyridine rings is 1. The molecule has 25 heavy (non-hydrogen) atoms. The lowest BCUT2D eigenvalue weighted by atomic mass is 10.1. The second-order valence-corrected chi connectivity index (χ2v) is 6.34. The van der Waals surface area contributed by atoms with Gasteiger partial charge in [0.2, 0.25) is 0 Å². The highest BCUT2D eigenvalue weighted by Crippen LogP contribution is 2.29. The largest absolute Gasteiger partial charge is 0.481 e. The first-order valence-electron chi connectivity index (χ1n) is 8.15. The van der Waals surface area contributed by atoms with Crippen LogP contribution in [0.25, 0.3) is 5.65 Å². The highest BCUT2D eigenvalue weighted by molar-refractivity contribution is 5.70. The van der Waals surface area contributed by atoms with Crippen molar-refractivity contribution in [3.05, 3.63) is 59.4 Å². The molecule has 0 aliphatic heterocycles. The minimum atomic E-state index is -0.850. The molecule has 0 aliphatic rings. The summed E-state index contributed by atoms with van der Waals surface area (Å²) in [6, 6.07) is 11.1. The van der Waals surface area contributed by atoms with Gasteiger partial charge in [-0.2, -0.15) is 0 Å². The van der Waals surface area contributed by atoms with Crippen LogP contribution in [-0.4, -0.2) is 20.5 Å². The molecule has 1 N–H and O–H groups in total. The van der Waals surface area contributed by atoms with E-state index in [-0.39, 0.29) is 12.3 Å². The zero-order valence-electron chi connectivity index (χ0n) is 14.5. The third kappa shape index (κ3) is 3.74. The van der Waals surface area contributed by atoms with Crippen LogP contribution in [0.4, 0.5) is 11.5 Å². The molecule has 3 rings (SSSR count). The lowest BCUT2D eigenvalue weighted by Crippen LogP contribution is -1.99. The summed E-state index contributed by atoms with van der Waals surface area (Å²) in [5, 5.41) is 17.5. The molecule has 0 fully saturated rings. The maximum absolute atomic E-state index is 10.7. The minimum absolute atomic E-state index is 0.00152. The Balaban J connectivity index is 1.95. The fraction of sp³-hybridized carbons (Fsp3) is 0.263. The van der Waals surface area contributed by atoms with Crippen LogP contribution in [0.2, 0.25) is 0 Å². The molecule has 2 aromatic heterocycles. The molecular formula is C19H20N4O2. The zero-order chi connectivity index (χ0) is 18.0. The molecular weight excluding hydrogens is 316 g/mol. The van der Waals surface area contributed by atoms with Crippen LogP contribution in [-0.2, 0) is 11.2 Å². The Morgan fingerprint density at radius 2 is 1.92 bits per heavy atom. The van der Waals surface area contributed by atoms with Gasteiger partial charge in [0.25, 0.3) is 0 Å². The predicted molar refractivity (Wildman–Crippen MR) is 96.0 cm³/mol. The maximum Gasteiger partial charge on any atom is 0.307 e. The first-order valence-corrected chi connectivity index (χ1v) is 8.15. The van der Waals surface area contributed by atoms with Gasteiger partial charge in [-0.25, -0.2) is 4.98 Å². The Bertz CT molecular complexity index is 940. The average Bonchev–Trinajstić information content (AvgIpc) is 2.91. The molecule has 0 unspecified atom stereocenters. The van der Waals surface area contributed by atoms with Gasteiger partial charge < -0.3 is 5.11 Å². The molecule has 0 bridgehead atoms. The van der Waals surface area contributed by atoms with E-state index in [0.717, 1.165) is 28.3 Å². The number of fused-ring (bicyclic) bond motifs is 1. The summed E-state index contributed by atoms with van der Waals surface area (Å²) >= 11 is 0. The molecule has 128 valence electrons. The van der Waals surface area contributed by atoms with E-state index in [2.05, 4.69) is 29.1 Å². The lowest BCUT2D eigenvalue weighted by Gasteiger charge is -2.02. The maximum atomic E-state index is 10.7. The fourth-order valence-corrected chi connectivity index (χ4v) is 2.60. The topological polar surface area (TPSA) is 79.3 Å². The van der Waals surface area contributed by atoms with Crippen molar-refractivity contribution in [2.75, 3.05) is 0 Å². The third-order valence-electron chi connectivity index (χ3n) is 3.88. The summed E-state index contributed by atoms with van der Waals surface area (Å²) < 4.78 is 1.94. The van der Waals surface area contributed by atoms with Crippen LogP contribution in [0.3, 0.4) is 0 Å². The zero-order valence-corrected chi connectivity index (χ0v) is 14.5. The number of benzene rings is 1. The van der Waals surface area contributed by atoms with Gasteiger partial charge in [-0.05, 0) is 48.2 Å². The van der Waals surface area contributed by atoms with E-state index in [1.54, 1.807) is 24.3 Å². The van der Waals surface area contributed by atoms with Crippen molar-refractivity contribution in [3.8, 4) is 0 Å². The number of aliphatic carboxylic acids is 1. The molecule has 0 aliphatic carbocycles. The Morgan fingerprint density at radius 1 is 1.20 bits per heavy atom. The van der Waals surface area contributed by atoms with E-state index < -0.39 is 5.97 Å².